The number of phenols is 1. The fourth-order valence-electron chi connectivity index (χ4n) is 4.76. The molecular formula is C28H39N5O3. The Morgan fingerprint density at radius 2 is 1.94 bits per heavy atom. The molecule has 2 aromatic carbocycles. The van der Waals surface area contributed by atoms with Crippen LogP contribution >= 0.6 is 0 Å². The van der Waals surface area contributed by atoms with E-state index >= 15 is 0 Å². The van der Waals surface area contributed by atoms with Crippen LogP contribution in [0.4, 0.5) is 11.5 Å². The van der Waals surface area contributed by atoms with Crippen molar-refractivity contribution in [3.05, 3.63) is 47.7 Å². The first kappa shape index (κ1) is 26.0. The fourth-order valence-corrected chi connectivity index (χ4v) is 4.76. The topological polar surface area (TPSA) is 85.2 Å². The Labute approximate surface area is 214 Å². The lowest BCUT2D eigenvalue weighted by Gasteiger charge is -2.35. The van der Waals surface area contributed by atoms with Gasteiger partial charge in [0.2, 0.25) is 0 Å². The molecule has 8 nitrogen and oxygen atoms in total. The van der Waals surface area contributed by atoms with Crippen LogP contribution in [0.1, 0.15) is 31.5 Å². The molecule has 3 aromatic rings. The molecule has 0 spiro atoms. The van der Waals surface area contributed by atoms with Crippen LogP contribution in [0.5, 0.6) is 11.8 Å². The lowest BCUT2D eigenvalue weighted by Crippen LogP contribution is -2.36. The van der Waals surface area contributed by atoms with Gasteiger partial charge in [0.25, 0.3) is 0 Å². The number of nitrogens with zero attached hydrogens (tertiary/aromatic N) is 5. The van der Waals surface area contributed by atoms with Gasteiger partial charge in [0, 0.05) is 55.5 Å². The summed E-state index contributed by atoms with van der Waals surface area (Å²) in [6.07, 6.45) is 1.77. The molecule has 0 radical (unpaired) electrons. The van der Waals surface area contributed by atoms with Crippen molar-refractivity contribution in [1.29, 1.82) is 0 Å². The molecule has 1 unspecified atom stereocenters. The molecule has 1 aliphatic rings. The van der Waals surface area contributed by atoms with Crippen molar-refractivity contribution >= 4 is 22.3 Å². The summed E-state index contributed by atoms with van der Waals surface area (Å²) >= 11 is 0. The Hall–Kier alpha value is -3.10. The van der Waals surface area contributed by atoms with Crippen molar-refractivity contribution in [2.75, 3.05) is 63.3 Å². The minimum atomic E-state index is 0.137. The quantitative estimate of drug-likeness (QED) is 0.419. The van der Waals surface area contributed by atoms with Crippen LogP contribution in [-0.4, -0.2) is 78.6 Å². The van der Waals surface area contributed by atoms with E-state index in [1.54, 1.807) is 6.07 Å². The number of aliphatic hydroxyl groups is 1. The molecule has 0 saturated heterocycles. The van der Waals surface area contributed by atoms with Gasteiger partial charge in [0.15, 0.2) is 0 Å². The van der Waals surface area contributed by atoms with E-state index in [2.05, 4.69) is 34.6 Å². The molecule has 1 aliphatic heterocycles. The van der Waals surface area contributed by atoms with Crippen molar-refractivity contribution in [3.8, 4) is 11.8 Å². The number of benzene rings is 2. The molecule has 2 N–H and O–H groups in total. The second-order valence-corrected chi connectivity index (χ2v) is 10.00. The number of likely N-dealkylation sites (N-methyl/N-ethyl adjacent to an activating group) is 1. The third-order valence-corrected chi connectivity index (χ3v) is 6.59. The van der Waals surface area contributed by atoms with Gasteiger partial charge in [0.05, 0.1) is 12.2 Å². The largest absolute Gasteiger partial charge is 0.508 e. The van der Waals surface area contributed by atoms with Crippen LogP contribution in [-0.2, 0) is 13.0 Å². The van der Waals surface area contributed by atoms with Gasteiger partial charge in [-0.15, -0.1) is 0 Å². The minimum Gasteiger partial charge on any atom is -0.508 e. The number of hydrogen-bond acceptors (Lipinski definition) is 8. The maximum absolute atomic E-state index is 10.4. The van der Waals surface area contributed by atoms with Crippen molar-refractivity contribution in [3.63, 3.8) is 0 Å². The Morgan fingerprint density at radius 3 is 2.69 bits per heavy atom. The Balaban J connectivity index is 1.72. The molecule has 194 valence electrons. The van der Waals surface area contributed by atoms with Gasteiger partial charge in [-0.2, -0.15) is 9.97 Å². The van der Waals surface area contributed by atoms with E-state index in [0.717, 1.165) is 72.6 Å². The van der Waals surface area contributed by atoms with E-state index in [1.807, 2.05) is 38.4 Å². The van der Waals surface area contributed by atoms with Crippen LogP contribution in [0.15, 0.2) is 36.4 Å². The number of fused-ring (bicyclic) bond motifs is 2. The molecule has 8 heteroatoms. The maximum atomic E-state index is 10.4. The molecule has 0 saturated carbocycles. The van der Waals surface area contributed by atoms with Crippen LogP contribution in [0.3, 0.4) is 0 Å². The van der Waals surface area contributed by atoms with E-state index < -0.39 is 0 Å². The SMILES string of the molecule is CCCN(CC(C)CO)c1nc(OCCN(C)C)nc2c1CCN(c1cc(O)cc3ccccc13)C2. The summed E-state index contributed by atoms with van der Waals surface area (Å²) in [4.78, 5) is 16.4. The highest BCUT2D eigenvalue weighted by Gasteiger charge is 2.27. The van der Waals surface area contributed by atoms with E-state index in [0.29, 0.717) is 19.2 Å². The van der Waals surface area contributed by atoms with Crippen LogP contribution in [0.2, 0.25) is 0 Å². The molecule has 2 heterocycles. The van der Waals surface area contributed by atoms with Gasteiger partial charge in [-0.05, 0) is 44.3 Å². The number of ether oxygens (including phenoxy) is 1. The van der Waals surface area contributed by atoms with E-state index in [9.17, 15) is 10.2 Å². The van der Waals surface area contributed by atoms with Gasteiger partial charge < -0.3 is 29.6 Å². The number of hydrogen-bond donors (Lipinski definition) is 2. The predicted octanol–water partition coefficient (Wildman–Crippen LogP) is 3.68. The number of anilines is 2. The summed E-state index contributed by atoms with van der Waals surface area (Å²) in [5.41, 5.74) is 3.11. The van der Waals surface area contributed by atoms with E-state index in [-0.39, 0.29) is 18.3 Å². The average molecular weight is 494 g/mol. The summed E-state index contributed by atoms with van der Waals surface area (Å²) in [6.45, 7) is 8.62. The van der Waals surface area contributed by atoms with Crippen LogP contribution < -0.4 is 14.5 Å². The zero-order chi connectivity index (χ0) is 25.7. The van der Waals surface area contributed by atoms with E-state index in [1.165, 1.54) is 0 Å². The highest BCUT2D eigenvalue weighted by molar-refractivity contribution is 5.95. The molecule has 1 atom stereocenters. The molecule has 0 fully saturated rings. The third-order valence-electron chi connectivity index (χ3n) is 6.59. The molecule has 36 heavy (non-hydrogen) atoms. The zero-order valence-electron chi connectivity index (χ0n) is 21.9. The number of phenolic OH excluding ortho intramolecular Hbond substituents is 1. The lowest BCUT2D eigenvalue weighted by atomic mass is 10.0. The number of aromatic nitrogens is 2. The fraction of sp³-hybridized carbons (Fsp3) is 0.500. The van der Waals surface area contributed by atoms with Crippen molar-refractivity contribution in [1.82, 2.24) is 14.9 Å². The Kier molecular flexibility index (Phi) is 8.48. The molecule has 4 rings (SSSR count). The highest BCUT2D eigenvalue weighted by Crippen LogP contribution is 2.36. The van der Waals surface area contributed by atoms with Gasteiger partial charge in [0.1, 0.15) is 18.2 Å². The predicted molar refractivity (Wildman–Crippen MR) is 145 cm³/mol. The lowest BCUT2D eigenvalue weighted by molar-refractivity contribution is 0.238. The number of rotatable bonds is 11. The minimum absolute atomic E-state index is 0.137. The van der Waals surface area contributed by atoms with Crippen LogP contribution in [0, 0.1) is 5.92 Å². The first-order valence-electron chi connectivity index (χ1n) is 12.9. The Bertz CT molecular complexity index is 1170. The van der Waals surface area contributed by atoms with Crippen molar-refractivity contribution in [2.24, 2.45) is 5.92 Å². The molecule has 0 amide bonds. The van der Waals surface area contributed by atoms with Gasteiger partial charge in [-0.25, -0.2) is 0 Å². The summed E-state index contributed by atoms with van der Waals surface area (Å²) in [5.74, 6) is 1.32. The van der Waals surface area contributed by atoms with Crippen molar-refractivity contribution < 1.29 is 14.9 Å². The van der Waals surface area contributed by atoms with Gasteiger partial charge in [-0.3, -0.25) is 0 Å². The third kappa shape index (κ3) is 5.99. The molecule has 0 aliphatic carbocycles. The maximum Gasteiger partial charge on any atom is 0.318 e. The highest BCUT2D eigenvalue weighted by atomic mass is 16.5. The molecule has 0 bridgehead atoms. The number of aromatic hydroxyl groups is 1. The smallest absolute Gasteiger partial charge is 0.318 e. The number of aliphatic hydroxyl groups excluding tert-OH is 1. The second-order valence-electron chi connectivity index (χ2n) is 10.00. The molecular weight excluding hydrogens is 454 g/mol. The molecule has 1 aromatic heterocycles. The second kappa shape index (κ2) is 11.8. The normalized spacial score (nSPS) is 14.2. The monoisotopic (exact) mass is 493 g/mol. The zero-order valence-corrected chi connectivity index (χ0v) is 21.9. The Morgan fingerprint density at radius 1 is 1.14 bits per heavy atom. The van der Waals surface area contributed by atoms with E-state index in [4.69, 9.17) is 14.7 Å². The summed E-state index contributed by atoms with van der Waals surface area (Å²) < 4.78 is 6.02. The van der Waals surface area contributed by atoms with Gasteiger partial charge >= 0.3 is 6.01 Å². The standard InChI is InChI=1S/C28H39N5O3/c1-5-11-33(17-20(2)19-34)27-24-10-12-32(18-25(24)29-28(30-27)36-14-13-31(3)4)26-16-22(35)15-21-8-6-7-9-23(21)26/h6-9,15-16,20,34-35H,5,10-14,17-19H2,1-4H3. The first-order valence-corrected chi connectivity index (χ1v) is 12.9. The summed E-state index contributed by atoms with van der Waals surface area (Å²) in [6, 6.07) is 12.2. The average Bonchev–Trinajstić information content (AvgIpc) is 2.86. The summed E-state index contributed by atoms with van der Waals surface area (Å²) in [5, 5.41) is 22.2. The van der Waals surface area contributed by atoms with Crippen molar-refractivity contribution in [2.45, 2.75) is 33.2 Å². The summed E-state index contributed by atoms with van der Waals surface area (Å²) in [7, 11) is 4.03. The first-order chi connectivity index (χ1) is 17.4. The van der Waals surface area contributed by atoms with Gasteiger partial charge in [-0.1, -0.05) is 38.1 Å². The van der Waals surface area contributed by atoms with Crippen LogP contribution in [0.25, 0.3) is 10.8 Å².